The molecule has 2 heterocycles. The highest BCUT2D eigenvalue weighted by Gasteiger charge is 2.33. The van der Waals surface area contributed by atoms with Crippen molar-refractivity contribution < 1.29 is 13.2 Å². The SMILES string of the molecule is Nc1c(S(=O)(=O)c2ccccc2)c2ncnc(OCc3ccccc3)c2n1C1CCCCC1. The number of nitrogens with zero attached hydrogens (tertiary/aromatic N) is 3. The number of anilines is 1. The van der Waals surface area contributed by atoms with Crippen LogP contribution in [-0.2, 0) is 16.4 Å². The monoisotopic (exact) mass is 462 g/mol. The Kier molecular flexibility index (Phi) is 5.76. The molecule has 0 atom stereocenters. The normalized spacial score (nSPS) is 15.0. The van der Waals surface area contributed by atoms with E-state index in [9.17, 15) is 8.42 Å². The first-order chi connectivity index (χ1) is 16.1. The maximum atomic E-state index is 13.7. The zero-order valence-corrected chi connectivity index (χ0v) is 19.0. The molecule has 7 nitrogen and oxygen atoms in total. The van der Waals surface area contributed by atoms with E-state index < -0.39 is 9.84 Å². The van der Waals surface area contributed by atoms with Gasteiger partial charge in [0.2, 0.25) is 15.7 Å². The lowest BCUT2D eigenvalue weighted by molar-refractivity contribution is 0.293. The summed E-state index contributed by atoms with van der Waals surface area (Å²) in [5, 5.41) is 0. The molecule has 0 spiro atoms. The van der Waals surface area contributed by atoms with E-state index in [0.29, 0.717) is 23.5 Å². The number of ether oxygens (including phenoxy) is 1. The van der Waals surface area contributed by atoms with Crippen LogP contribution in [0.15, 0.2) is 76.8 Å². The van der Waals surface area contributed by atoms with Crippen LogP contribution in [-0.4, -0.2) is 23.0 Å². The first-order valence-electron chi connectivity index (χ1n) is 11.2. The number of rotatable bonds is 6. The highest BCUT2D eigenvalue weighted by atomic mass is 32.2. The maximum Gasteiger partial charge on any atom is 0.242 e. The molecular formula is C25H26N4O3S. The molecule has 2 aromatic carbocycles. The Morgan fingerprint density at radius 1 is 0.939 bits per heavy atom. The van der Waals surface area contributed by atoms with Gasteiger partial charge in [-0.2, -0.15) is 4.98 Å². The molecule has 5 rings (SSSR count). The Morgan fingerprint density at radius 2 is 1.61 bits per heavy atom. The Bertz CT molecular complexity index is 1360. The molecule has 0 amide bonds. The number of hydrogen-bond donors (Lipinski definition) is 1. The van der Waals surface area contributed by atoms with Gasteiger partial charge in [-0.1, -0.05) is 67.8 Å². The summed E-state index contributed by atoms with van der Waals surface area (Å²) in [5.41, 5.74) is 8.45. The van der Waals surface area contributed by atoms with Crippen molar-refractivity contribution in [1.82, 2.24) is 14.5 Å². The summed E-state index contributed by atoms with van der Waals surface area (Å²) >= 11 is 0. The second-order valence-electron chi connectivity index (χ2n) is 8.34. The van der Waals surface area contributed by atoms with Crippen LogP contribution in [0, 0.1) is 0 Å². The molecule has 0 unspecified atom stereocenters. The van der Waals surface area contributed by atoms with Crippen LogP contribution in [0.25, 0.3) is 11.0 Å². The van der Waals surface area contributed by atoms with Crippen molar-refractivity contribution in [3.8, 4) is 5.88 Å². The Balaban J connectivity index is 1.69. The number of fused-ring (bicyclic) bond motifs is 1. The molecule has 1 aliphatic rings. The largest absolute Gasteiger partial charge is 0.471 e. The van der Waals surface area contributed by atoms with E-state index in [0.717, 1.165) is 31.2 Å². The fraction of sp³-hybridized carbons (Fsp3) is 0.280. The van der Waals surface area contributed by atoms with Crippen LogP contribution in [0.4, 0.5) is 5.82 Å². The minimum absolute atomic E-state index is 0.0289. The van der Waals surface area contributed by atoms with Gasteiger partial charge in [-0.15, -0.1) is 0 Å². The van der Waals surface area contributed by atoms with Gasteiger partial charge in [-0.3, -0.25) is 0 Å². The van der Waals surface area contributed by atoms with Crippen molar-refractivity contribution in [2.24, 2.45) is 0 Å². The molecule has 1 fully saturated rings. The summed E-state index contributed by atoms with van der Waals surface area (Å²) in [6.45, 7) is 0.309. The molecule has 170 valence electrons. The standard InChI is InChI=1S/C25H26N4O3S/c26-24-23(33(30,31)20-14-8-3-9-15-20)21-22(29(24)19-12-6-2-7-13-19)25(28-17-27-21)32-16-18-10-4-1-5-11-18/h1,3-5,8-11,14-15,17,19H,2,6-7,12-13,16,26H2. The number of aromatic nitrogens is 3. The summed E-state index contributed by atoms with van der Waals surface area (Å²) < 4.78 is 35.3. The van der Waals surface area contributed by atoms with Crippen molar-refractivity contribution in [3.05, 3.63) is 72.6 Å². The second-order valence-corrected chi connectivity index (χ2v) is 10.2. The molecule has 4 aromatic rings. The van der Waals surface area contributed by atoms with Crippen LogP contribution in [0.5, 0.6) is 5.88 Å². The van der Waals surface area contributed by atoms with E-state index in [4.69, 9.17) is 10.5 Å². The van der Waals surface area contributed by atoms with E-state index in [2.05, 4.69) is 9.97 Å². The van der Waals surface area contributed by atoms with Gasteiger partial charge < -0.3 is 15.0 Å². The molecule has 2 aromatic heterocycles. The van der Waals surface area contributed by atoms with Gasteiger partial charge in [0.05, 0.1) is 4.90 Å². The van der Waals surface area contributed by atoms with E-state index in [1.807, 2.05) is 34.9 Å². The van der Waals surface area contributed by atoms with Gasteiger partial charge in [0.25, 0.3) is 0 Å². The molecular weight excluding hydrogens is 436 g/mol. The first kappa shape index (κ1) is 21.5. The third-order valence-electron chi connectivity index (χ3n) is 6.22. The average Bonchev–Trinajstić information content (AvgIpc) is 3.17. The Hall–Kier alpha value is -3.39. The van der Waals surface area contributed by atoms with Crippen LogP contribution in [0.2, 0.25) is 0 Å². The Labute approximate surface area is 193 Å². The van der Waals surface area contributed by atoms with Gasteiger partial charge in [0.15, 0.2) is 0 Å². The highest BCUT2D eigenvalue weighted by molar-refractivity contribution is 7.92. The molecule has 0 saturated heterocycles. The second kappa shape index (κ2) is 8.86. The van der Waals surface area contributed by atoms with Crippen LogP contribution >= 0.6 is 0 Å². The minimum Gasteiger partial charge on any atom is -0.471 e. The number of hydrogen-bond acceptors (Lipinski definition) is 6. The zero-order chi connectivity index (χ0) is 22.8. The van der Waals surface area contributed by atoms with Crippen molar-refractivity contribution in [1.29, 1.82) is 0 Å². The third-order valence-corrected chi connectivity index (χ3v) is 8.05. The predicted molar refractivity (Wildman–Crippen MR) is 127 cm³/mol. The molecule has 0 bridgehead atoms. The summed E-state index contributed by atoms with van der Waals surface area (Å²) in [5.74, 6) is 0.543. The van der Waals surface area contributed by atoms with Gasteiger partial charge in [-0.25, -0.2) is 13.4 Å². The van der Waals surface area contributed by atoms with Crippen molar-refractivity contribution >= 4 is 26.7 Å². The Morgan fingerprint density at radius 3 is 2.30 bits per heavy atom. The van der Waals surface area contributed by atoms with E-state index in [-0.39, 0.29) is 21.7 Å². The van der Waals surface area contributed by atoms with Gasteiger partial charge in [0.1, 0.15) is 34.7 Å². The molecule has 0 radical (unpaired) electrons. The lowest BCUT2D eigenvalue weighted by Crippen LogP contribution is -2.16. The quantitative estimate of drug-likeness (QED) is 0.436. The van der Waals surface area contributed by atoms with Crippen LogP contribution < -0.4 is 10.5 Å². The lowest BCUT2D eigenvalue weighted by Gasteiger charge is -2.25. The van der Waals surface area contributed by atoms with Gasteiger partial charge in [0, 0.05) is 6.04 Å². The molecule has 0 aliphatic heterocycles. The van der Waals surface area contributed by atoms with E-state index >= 15 is 0 Å². The number of sulfone groups is 1. The maximum absolute atomic E-state index is 13.7. The molecule has 8 heteroatoms. The van der Waals surface area contributed by atoms with Crippen molar-refractivity contribution in [3.63, 3.8) is 0 Å². The summed E-state index contributed by atoms with van der Waals surface area (Å²) in [6, 6.07) is 18.2. The summed E-state index contributed by atoms with van der Waals surface area (Å²) in [6.07, 6.45) is 6.49. The highest BCUT2D eigenvalue weighted by Crippen LogP contribution is 2.43. The van der Waals surface area contributed by atoms with Gasteiger partial charge in [-0.05, 0) is 30.5 Å². The van der Waals surface area contributed by atoms with Crippen molar-refractivity contribution in [2.75, 3.05) is 5.73 Å². The van der Waals surface area contributed by atoms with Crippen LogP contribution in [0.3, 0.4) is 0 Å². The minimum atomic E-state index is -3.89. The predicted octanol–water partition coefficient (Wildman–Crippen LogP) is 4.93. The van der Waals surface area contributed by atoms with E-state index in [1.54, 1.807) is 30.3 Å². The summed E-state index contributed by atoms with van der Waals surface area (Å²) in [4.78, 5) is 8.99. The molecule has 1 aliphatic carbocycles. The van der Waals surface area contributed by atoms with Crippen LogP contribution in [0.1, 0.15) is 43.7 Å². The lowest BCUT2D eigenvalue weighted by atomic mass is 9.95. The number of nitrogen functional groups attached to an aromatic ring is 1. The topological polar surface area (TPSA) is 100 Å². The fourth-order valence-corrected chi connectivity index (χ4v) is 6.16. The van der Waals surface area contributed by atoms with Crippen molar-refractivity contribution in [2.45, 2.75) is 54.5 Å². The number of nitrogens with two attached hydrogens (primary N) is 1. The summed E-state index contributed by atoms with van der Waals surface area (Å²) in [7, 11) is -3.89. The smallest absolute Gasteiger partial charge is 0.242 e. The third kappa shape index (κ3) is 3.95. The molecule has 2 N–H and O–H groups in total. The zero-order valence-electron chi connectivity index (χ0n) is 18.2. The van der Waals surface area contributed by atoms with E-state index in [1.165, 1.54) is 12.7 Å². The first-order valence-corrected chi connectivity index (χ1v) is 12.7. The average molecular weight is 463 g/mol. The molecule has 33 heavy (non-hydrogen) atoms. The fourth-order valence-electron chi connectivity index (χ4n) is 4.63. The molecule has 1 saturated carbocycles. The number of benzene rings is 2. The van der Waals surface area contributed by atoms with Gasteiger partial charge >= 0.3 is 0 Å².